The molecule has 0 radical (unpaired) electrons. The van der Waals surface area contributed by atoms with E-state index >= 15 is 0 Å². The molecular formula is C22H23N2O3S+. The molecule has 2 N–H and O–H groups in total. The van der Waals surface area contributed by atoms with Gasteiger partial charge in [-0.25, -0.2) is 0 Å². The van der Waals surface area contributed by atoms with E-state index < -0.39 is 0 Å². The summed E-state index contributed by atoms with van der Waals surface area (Å²) in [4.78, 5) is 15.0. The van der Waals surface area contributed by atoms with Crippen LogP contribution in [0, 0.1) is 0 Å². The van der Waals surface area contributed by atoms with Gasteiger partial charge in [-0.2, -0.15) is 0 Å². The van der Waals surface area contributed by atoms with E-state index in [4.69, 9.17) is 9.47 Å². The highest BCUT2D eigenvalue weighted by Crippen LogP contribution is 2.32. The number of benzene rings is 2. The first-order valence-electron chi connectivity index (χ1n) is 9.26. The van der Waals surface area contributed by atoms with Gasteiger partial charge in [-0.1, -0.05) is 36.4 Å². The zero-order valence-corrected chi connectivity index (χ0v) is 16.5. The molecule has 144 valence electrons. The molecule has 2 atom stereocenters. The Balaban J connectivity index is 1.39. The van der Waals surface area contributed by atoms with Gasteiger partial charge in [-0.15, -0.1) is 11.3 Å². The summed E-state index contributed by atoms with van der Waals surface area (Å²) in [7, 11) is 2.02. The van der Waals surface area contributed by atoms with Crippen LogP contribution in [0.4, 0.5) is 0 Å². The molecule has 0 bridgehead atoms. The minimum atomic E-state index is -0.118. The smallest absolute Gasteiger partial charge is 0.275 e. The SMILES string of the molecule is C[NH+](CC(=O)N[C@@H](c1ccccc1)c1cccs1)Cc1ccc2c(c1)OCO2. The molecule has 1 aliphatic heterocycles. The van der Waals surface area contributed by atoms with Crippen molar-refractivity contribution in [3.8, 4) is 11.5 Å². The molecule has 1 amide bonds. The molecule has 0 fully saturated rings. The molecule has 4 rings (SSSR count). The van der Waals surface area contributed by atoms with Crippen LogP contribution in [0.2, 0.25) is 0 Å². The second-order valence-corrected chi connectivity index (χ2v) is 7.90. The minimum absolute atomic E-state index is 0.0282. The quantitative estimate of drug-likeness (QED) is 0.646. The first-order valence-corrected chi connectivity index (χ1v) is 10.1. The molecule has 3 aromatic rings. The van der Waals surface area contributed by atoms with E-state index in [0.29, 0.717) is 6.54 Å². The number of quaternary nitrogens is 1. The summed E-state index contributed by atoms with van der Waals surface area (Å²) >= 11 is 1.65. The van der Waals surface area contributed by atoms with Gasteiger partial charge >= 0.3 is 0 Å². The Morgan fingerprint density at radius 1 is 1.11 bits per heavy atom. The molecule has 1 aromatic heterocycles. The predicted octanol–water partition coefficient (Wildman–Crippen LogP) is 2.40. The second kappa shape index (κ2) is 8.46. The van der Waals surface area contributed by atoms with Gasteiger partial charge in [0.05, 0.1) is 13.1 Å². The van der Waals surface area contributed by atoms with Crippen molar-refractivity contribution in [2.45, 2.75) is 12.6 Å². The number of carbonyl (C=O) groups excluding carboxylic acids is 1. The molecule has 0 saturated carbocycles. The third kappa shape index (κ3) is 4.35. The first kappa shape index (κ1) is 18.5. The standard InChI is InChI=1S/C22H22N2O3S/c1-24(13-16-9-10-18-19(12-16)27-15-26-18)14-21(25)23-22(20-8-5-11-28-20)17-6-3-2-4-7-17/h2-12,22H,13-15H2,1H3,(H,23,25)/p+1/t22-/m0/s1. The Kier molecular flexibility index (Phi) is 5.60. The summed E-state index contributed by atoms with van der Waals surface area (Å²) in [6, 6.07) is 20.0. The van der Waals surface area contributed by atoms with Gasteiger partial charge in [0.15, 0.2) is 18.0 Å². The Morgan fingerprint density at radius 2 is 1.93 bits per heavy atom. The molecule has 2 aromatic carbocycles. The van der Waals surface area contributed by atoms with E-state index in [1.165, 1.54) is 0 Å². The molecule has 5 nitrogen and oxygen atoms in total. The lowest BCUT2D eigenvalue weighted by Gasteiger charge is -2.20. The monoisotopic (exact) mass is 395 g/mol. The van der Waals surface area contributed by atoms with E-state index in [1.807, 2.05) is 67.0 Å². The van der Waals surface area contributed by atoms with Gasteiger partial charge in [0.2, 0.25) is 6.79 Å². The van der Waals surface area contributed by atoms with Gasteiger partial charge in [-0.3, -0.25) is 4.79 Å². The van der Waals surface area contributed by atoms with Crippen molar-refractivity contribution in [3.63, 3.8) is 0 Å². The average Bonchev–Trinajstić information content (AvgIpc) is 3.38. The number of hydrogen-bond acceptors (Lipinski definition) is 4. The lowest BCUT2D eigenvalue weighted by Crippen LogP contribution is -3.08. The molecule has 1 aliphatic rings. The van der Waals surface area contributed by atoms with Crippen LogP contribution in [0.15, 0.2) is 66.0 Å². The van der Waals surface area contributed by atoms with Crippen molar-refractivity contribution < 1.29 is 19.2 Å². The molecular weight excluding hydrogens is 372 g/mol. The number of thiophene rings is 1. The largest absolute Gasteiger partial charge is 0.454 e. The van der Waals surface area contributed by atoms with Crippen LogP contribution in [0.3, 0.4) is 0 Å². The number of amides is 1. The molecule has 2 heterocycles. The number of hydrogen-bond donors (Lipinski definition) is 2. The Labute approximate surface area is 168 Å². The molecule has 1 unspecified atom stereocenters. The molecule has 0 spiro atoms. The number of ether oxygens (including phenoxy) is 2. The zero-order valence-electron chi connectivity index (χ0n) is 15.7. The average molecular weight is 396 g/mol. The Morgan fingerprint density at radius 3 is 2.71 bits per heavy atom. The third-order valence-electron chi connectivity index (χ3n) is 4.67. The summed E-state index contributed by atoms with van der Waals surface area (Å²) in [6.45, 7) is 1.40. The van der Waals surface area contributed by atoms with E-state index in [9.17, 15) is 4.79 Å². The van der Waals surface area contributed by atoms with Crippen LogP contribution in [0.25, 0.3) is 0 Å². The van der Waals surface area contributed by atoms with Crippen molar-refractivity contribution in [1.82, 2.24) is 5.32 Å². The lowest BCUT2D eigenvalue weighted by molar-refractivity contribution is -0.885. The minimum Gasteiger partial charge on any atom is -0.454 e. The number of carbonyl (C=O) groups is 1. The van der Waals surface area contributed by atoms with Crippen LogP contribution in [-0.4, -0.2) is 26.3 Å². The summed E-state index contributed by atoms with van der Waals surface area (Å²) in [6.07, 6.45) is 0. The number of rotatable bonds is 7. The van der Waals surface area contributed by atoms with Crippen LogP contribution >= 0.6 is 11.3 Å². The van der Waals surface area contributed by atoms with Crippen LogP contribution in [0.1, 0.15) is 22.0 Å². The fourth-order valence-corrected chi connectivity index (χ4v) is 4.17. The van der Waals surface area contributed by atoms with Crippen molar-refractivity contribution in [3.05, 3.63) is 82.0 Å². The van der Waals surface area contributed by atoms with E-state index in [2.05, 4.69) is 11.4 Å². The third-order valence-corrected chi connectivity index (χ3v) is 5.61. The highest BCUT2D eigenvalue weighted by Gasteiger charge is 2.20. The highest BCUT2D eigenvalue weighted by atomic mass is 32.1. The summed E-state index contributed by atoms with van der Waals surface area (Å²) in [5.74, 6) is 1.58. The topological polar surface area (TPSA) is 52.0 Å². The van der Waals surface area contributed by atoms with Crippen molar-refractivity contribution in [2.75, 3.05) is 20.4 Å². The van der Waals surface area contributed by atoms with Crippen molar-refractivity contribution in [1.29, 1.82) is 0 Å². The number of likely N-dealkylation sites (N-methyl/N-ethyl adjacent to an activating group) is 1. The molecule has 0 aliphatic carbocycles. The Bertz CT molecular complexity index is 928. The highest BCUT2D eigenvalue weighted by molar-refractivity contribution is 7.10. The predicted molar refractivity (Wildman–Crippen MR) is 109 cm³/mol. The summed E-state index contributed by atoms with van der Waals surface area (Å²) in [5, 5.41) is 5.24. The van der Waals surface area contributed by atoms with Gasteiger partial charge in [0.25, 0.3) is 5.91 Å². The van der Waals surface area contributed by atoms with Crippen LogP contribution < -0.4 is 19.7 Å². The van der Waals surface area contributed by atoms with Gasteiger partial charge < -0.3 is 19.7 Å². The van der Waals surface area contributed by atoms with Crippen molar-refractivity contribution >= 4 is 17.2 Å². The molecule has 28 heavy (non-hydrogen) atoms. The van der Waals surface area contributed by atoms with Gasteiger partial charge in [-0.05, 0) is 35.2 Å². The maximum atomic E-state index is 12.7. The maximum absolute atomic E-state index is 12.7. The van der Waals surface area contributed by atoms with E-state index in [-0.39, 0.29) is 18.7 Å². The normalized spacial score (nSPS) is 14.5. The summed E-state index contributed by atoms with van der Waals surface area (Å²) < 4.78 is 10.8. The lowest BCUT2D eigenvalue weighted by atomic mass is 10.1. The number of nitrogens with one attached hydrogen (secondary N) is 2. The molecule has 6 heteroatoms. The Hall–Kier alpha value is -2.83. The zero-order chi connectivity index (χ0) is 19.3. The van der Waals surface area contributed by atoms with E-state index in [0.717, 1.165) is 38.9 Å². The first-order chi connectivity index (χ1) is 13.7. The maximum Gasteiger partial charge on any atom is 0.275 e. The fraction of sp³-hybridized carbons (Fsp3) is 0.227. The van der Waals surface area contributed by atoms with E-state index in [1.54, 1.807) is 11.3 Å². The van der Waals surface area contributed by atoms with Crippen LogP contribution in [0.5, 0.6) is 11.5 Å². The van der Waals surface area contributed by atoms with Crippen LogP contribution in [-0.2, 0) is 11.3 Å². The van der Waals surface area contributed by atoms with Crippen molar-refractivity contribution in [2.24, 2.45) is 0 Å². The van der Waals surface area contributed by atoms with Gasteiger partial charge in [0.1, 0.15) is 6.54 Å². The fourth-order valence-electron chi connectivity index (χ4n) is 3.37. The number of fused-ring (bicyclic) bond motifs is 1. The second-order valence-electron chi connectivity index (χ2n) is 6.92. The van der Waals surface area contributed by atoms with Gasteiger partial charge in [0, 0.05) is 10.4 Å². The molecule has 0 saturated heterocycles. The summed E-state index contributed by atoms with van der Waals surface area (Å²) in [5.41, 5.74) is 2.21.